The average Bonchev–Trinajstić information content (AvgIpc) is 2.51. The Morgan fingerprint density at radius 1 is 1.04 bits per heavy atom. The largest absolute Gasteiger partial charge is 0.383 e. The standard InChI is InChI=1S/C15H20N4O3S/c1-11-4-5-13(10-12(11)2)23(20,21)19-15-7-6-14(17-18-15)16-8-9-22-3/h4-7,10H,8-9H2,1-3H3,(H,16,17)(H,18,19). The van der Waals surface area contributed by atoms with Gasteiger partial charge in [-0.25, -0.2) is 8.42 Å². The molecule has 0 aliphatic rings. The van der Waals surface area contributed by atoms with Crippen LogP contribution >= 0.6 is 0 Å². The average molecular weight is 336 g/mol. The summed E-state index contributed by atoms with van der Waals surface area (Å²) in [6.45, 7) is 4.94. The van der Waals surface area contributed by atoms with Crippen molar-refractivity contribution < 1.29 is 13.2 Å². The summed E-state index contributed by atoms with van der Waals surface area (Å²) < 4.78 is 32.0. The van der Waals surface area contributed by atoms with Crippen molar-refractivity contribution in [3.05, 3.63) is 41.5 Å². The fourth-order valence-electron chi connectivity index (χ4n) is 1.84. The molecule has 0 spiro atoms. The Kier molecular flexibility index (Phi) is 5.51. The van der Waals surface area contributed by atoms with Crippen LogP contribution in [0.2, 0.25) is 0 Å². The van der Waals surface area contributed by atoms with E-state index >= 15 is 0 Å². The van der Waals surface area contributed by atoms with Crippen molar-refractivity contribution in [3.63, 3.8) is 0 Å². The van der Waals surface area contributed by atoms with E-state index in [0.717, 1.165) is 11.1 Å². The van der Waals surface area contributed by atoms with Crippen LogP contribution in [0.15, 0.2) is 35.2 Å². The van der Waals surface area contributed by atoms with Crippen molar-refractivity contribution in [3.8, 4) is 0 Å². The van der Waals surface area contributed by atoms with E-state index in [1.54, 1.807) is 37.4 Å². The second-order valence-electron chi connectivity index (χ2n) is 5.07. The molecule has 0 aliphatic carbocycles. The predicted molar refractivity (Wildman–Crippen MR) is 89.1 cm³/mol. The Balaban J connectivity index is 2.09. The highest BCUT2D eigenvalue weighted by molar-refractivity contribution is 7.92. The highest BCUT2D eigenvalue weighted by atomic mass is 32.2. The summed E-state index contributed by atoms with van der Waals surface area (Å²) in [6.07, 6.45) is 0. The summed E-state index contributed by atoms with van der Waals surface area (Å²) in [6, 6.07) is 8.19. The minimum absolute atomic E-state index is 0.167. The SMILES string of the molecule is COCCNc1ccc(NS(=O)(=O)c2ccc(C)c(C)c2)nn1. The van der Waals surface area contributed by atoms with Gasteiger partial charge in [-0.05, 0) is 49.2 Å². The zero-order valence-electron chi connectivity index (χ0n) is 13.3. The Morgan fingerprint density at radius 2 is 1.74 bits per heavy atom. The molecule has 0 atom stereocenters. The molecule has 0 fully saturated rings. The number of hydrogen-bond donors (Lipinski definition) is 2. The molecule has 1 aromatic carbocycles. The van der Waals surface area contributed by atoms with E-state index in [1.807, 2.05) is 13.8 Å². The first kappa shape index (κ1) is 17.2. The van der Waals surface area contributed by atoms with E-state index in [-0.39, 0.29) is 10.7 Å². The number of nitrogens with one attached hydrogen (secondary N) is 2. The quantitative estimate of drug-likeness (QED) is 0.751. The first-order chi connectivity index (χ1) is 10.9. The number of methoxy groups -OCH3 is 1. The number of hydrogen-bond acceptors (Lipinski definition) is 6. The molecule has 0 bridgehead atoms. The van der Waals surface area contributed by atoms with Gasteiger partial charge in [-0.2, -0.15) is 0 Å². The maximum atomic E-state index is 12.3. The Labute approximate surface area is 136 Å². The second kappa shape index (κ2) is 7.38. The molecule has 1 heterocycles. The van der Waals surface area contributed by atoms with Crippen LogP contribution in [0.25, 0.3) is 0 Å². The van der Waals surface area contributed by atoms with E-state index in [9.17, 15) is 8.42 Å². The Morgan fingerprint density at radius 3 is 2.35 bits per heavy atom. The van der Waals surface area contributed by atoms with E-state index < -0.39 is 10.0 Å². The number of nitrogens with zero attached hydrogens (tertiary/aromatic N) is 2. The van der Waals surface area contributed by atoms with Crippen LogP contribution in [0.5, 0.6) is 0 Å². The van der Waals surface area contributed by atoms with Gasteiger partial charge in [0.15, 0.2) is 5.82 Å². The number of aryl methyl sites for hydroxylation is 2. The van der Waals surface area contributed by atoms with Crippen LogP contribution in [0.4, 0.5) is 11.6 Å². The maximum absolute atomic E-state index is 12.3. The van der Waals surface area contributed by atoms with Gasteiger partial charge in [0.1, 0.15) is 5.82 Å². The maximum Gasteiger partial charge on any atom is 0.263 e. The van der Waals surface area contributed by atoms with Gasteiger partial charge in [0.25, 0.3) is 10.0 Å². The lowest BCUT2D eigenvalue weighted by Gasteiger charge is -2.09. The van der Waals surface area contributed by atoms with E-state index in [0.29, 0.717) is 19.0 Å². The molecular formula is C15H20N4O3S. The number of sulfonamides is 1. The van der Waals surface area contributed by atoms with Crippen LogP contribution in [0.1, 0.15) is 11.1 Å². The van der Waals surface area contributed by atoms with E-state index in [4.69, 9.17) is 4.74 Å². The zero-order chi connectivity index (χ0) is 16.9. The van der Waals surface area contributed by atoms with Gasteiger partial charge < -0.3 is 10.1 Å². The summed E-state index contributed by atoms with van der Waals surface area (Å²) in [7, 11) is -2.07. The number of rotatable bonds is 7. The van der Waals surface area contributed by atoms with Gasteiger partial charge in [-0.1, -0.05) is 6.07 Å². The topological polar surface area (TPSA) is 93.2 Å². The fourth-order valence-corrected chi connectivity index (χ4v) is 2.92. The Bertz CT molecular complexity index is 761. The molecule has 2 N–H and O–H groups in total. The van der Waals surface area contributed by atoms with E-state index in [2.05, 4.69) is 20.2 Å². The summed E-state index contributed by atoms with van der Waals surface area (Å²) >= 11 is 0. The number of benzene rings is 1. The molecule has 23 heavy (non-hydrogen) atoms. The van der Waals surface area contributed by atoms with Gasteiger partial charge >= 0.3 is 0 Å². The lowest BCUT2D eigenvalue weighted by molar-refractivity contribution is 0.210. The molecule has 8 heteroatoms. The van der Waals surface area contributed by atoms with Gasteiger partial charge in [0.05, 0.1) is 11.5 Å². The highest BCUT2D eigenvalue weighted by Gasteiger charge is 2.15. The molecule has 7 nitrogen and oxygen atoms in total. The highest BCUT2D eigenvalue weighted by Crippen LogP contribution is 2.17. The third-order valence-electron chi connectivity index (χ3n) is 3.30. The van der Waals surface area contributed by atoms with Crippen LogP contribution in [0, 0.1) is 13.8 Å². The van der Waals surface area contributed by atoms with Crippen LogP contribution in [-0.4, -0.2) is 38.9 Å². The first-order valence-electron chi connectivity index (χ1n) is 7.09. The number of ether oxygens (including phenoxy) is 1. The molecule has 0 saturated carbocycles. The number of aromatic nitrogens is 2. The lowest BCUT2D eigenvalue weighted by Crippen LogP contribution is -2.15. The third kappa shape index (κ3) is 4.64. The van der Waals surface area contributed by atoms with Gasteiger partial charge in [0.2, 0.25) is 0 Å². The van der Waals surface area contributed by atoms with Gasteiger partial charge in [-0.3, -0.25) is 4.72 Å². The van der Waals surface area contributed by atoms with Crippen molar-refractivity contribution in [2.75, 3.05) is 30.3 Å². The third-order valence-corrected chi connectivity index (χ3v) is 4.66. The van der Waals surface area contributed by atoms with Crippen molar-refractivity contribution in [2.24, 2.45) is 0 Å². The summed E-state index contributed by atoms with van der Waals surface area (Å²) in [4.78, 5) is 0.199. The molecule has 2 rings (SSSR count). The fraction of sp³-hybridized carbons (Fsp3) is 0.333. The first-order valence-corrected chi connectivity index (χ1v) is 8.57. The second-order valence-corrected chi connectivity index (χ2v) is 6.76. The van der Waals surface area contributed by atoms with Crippen molar-refractivity contribution in [1.29, 1.82) is 0 Å². The van der Waals surface area contributed by atoms with Crippen LogP contribution in [-0.2, 0) is 14.8 Å². The van der Waals surface area contributed by atoms with Crippen LogP contribution < -0.4 is 10.0 Å². The summed E-state index contributed by atoms with van der Waals surface area (Å²) in [5.74, 6) is 0.719. The molecule has 0 aliphatic heterocycles. The minimum atomic E-state index is -3.68. The smallest absolute Gasteiger partial charge is 0.263 e. The molecule has 2 aromatic rings. The minimum Gasteiger partial charge on any atom is -0.383 e. The molecule has 0 amide bonds. The van der Waals surface area contributed by atoms with E-state index in [1.165, 1.54) is 0 Å². The molecule has 124 valence electrons. The predicted octanol–water partition coefficient (Wildman–Crippen LogP) is 1.95. The zero-order valence-corrected chi connectivity index (χ0v) is 14.1. The molecule has 0 saturated heterocycles. The van der Waals surface area contributed by atoms with Crippen molar-refractivity contribution >= 4 is 21.7 Å². The normalized spacial score (nSPS) is 11.3. The van der Waals surface area contributed by atoms with Crippen molar-refractivity contribution in [1.82, 2.24) is 10.2 Å². The summed E-state index contributed by atoms with van der Waals surface area (Å²) in [5, 5.41) is 10.8. The van der Waals surface area contributed by atoms with Crippen molar-refractivity contribution in [2.45, 2.75) is 18.7 Å². The van der Waals surface area contributed by atoms with Gasteiger partial charge in [-0.15, -0.1) is 10.2 Å². The Hall–Kier alpha value is -2.19. The number of anilines is 2. The lowest BCUT2D eigenvalue weighted by atomic mass is 10.1. The molecule has 0 radical (unpaired) electrons. The molecule has 1 aromatic heterocycles. The van der Waals surface area contributed by atoms with Gasteiger partial charge in [0, 0.05) is 13.7 Å². The van der Waals surface area contributed by atoms with Crippen LogP contribution in [0.3, 0.4) is 0 Å². The summed E-state index contributed by atoms with van der Waals surface area (Å²) in [5.41, 5.74) is 1.95. The molecular weight excluding hydrogens is 316 g/mol. The molecule has 0 unspecified atom stereocenters. The monoisotopic (exact) mass is 336 g/mol.